The van der Waals surface area contributed by atoms with E-state index in [-0.39, 0.29) is 19.3 Å². The number of ether oxygens (including phenoxy) is 3. The van der Waals surface area contributed by atoms with Crippen LogP contribution in [0.2, 0.25) is 0 Å². The SMILES string of the molecule is CC/C=C\C/C=C\C/C=C\C/C=C\C/C=C\CCCCCCCCCCCCCCCCCCCCCC(=O)OCC(O)COP(=O)(O)OCC(O)COP(=O)(O)OCC(COC(=O)CCC/C=C\C/C=C\C/C=C\C/C=C\C/C=C\CC)OC(=O)CCCCCCCCCCCCC. The Labute approximate surface area is 602 Å². The quantitative estimate of drug-likeness (QED) is 0.0146. The lowest BCUT2D eigenvalue weighted by Crippen LogP contribution is -2.30. The summed E-state index contributed by atoms with van der Waals surface area (Å²) in [4.78, 5) is 58.4. The van der Waals surface area contributed by atoms with Crippen molar-refractivity contribution >= 4 is 33.6 Å². The average Bonchev–Trinajstić information content (AvgIpc) is 1.19. The molecule has 570 valence electrons. The van der Waals surface area contributed by atoms with Gasteiger partial charge in [-0.3, -0.25) is 32.5 Å². The standard InChI is InChI=1S/C81H140O16P2/c1-4-7-10-13-16-19-22-24-26-28-29-30-31-32-33-34-35-36-37-38-39-40-41-42-43-44-45-47-49-50-53-55-58-61-64-67-79(84)91-70-76(82)71-93-98(87,88)94-72-77(83)73-95-99(89,90)96-75-78(97-81(86)69-66-63-60-57-52-21-18-15-12-9-6-3)74-92-80(85)68-65-62-59-56-54-51-48-46-27-25-23-20-17-14-11-8-5-2/h7-8,10-11,16-17,19-20,24-27,29-30,32-33,48,51,56,59,76-78,82-83H,4-6,9,12-15,18,21-23,28,31,34-47,49-50,52-55,57-58,60-75H2,1-3H3,(H,87,88)(H,89,90)/b10-7-,11-8-,19-16-,20-17-,26-24-,27-25-,30-29-,33-32-,51-48-,59-56-. The normalized spacial score (nSPS) is 14.7. The molecule has 0 aromatic carbocycles. The third kappa shape index (κ3) is 74.9. The smallest absolute Gasteiger partial charge is 0.463 e. The first-order valence-corrected chi connectivity index (χ1v) is 41.8. The van der Waals surface area contributed by atoms with Gasteiger partial charge in [0.1, 0.15) is 25.4 Å². The molecule has 0 saturated carbocycles. The number of unbranched alkanes of at least 4 members (excludes halogenated alkanes) is 30. The lowest BCUT2D eigenvalue weighted by atomic mass is 10.0. The van der Waals surface area contributed by atoms with Gasteiger partial charge in [-0.2, -0.15) is 0 Å². The maximum atomic E-state index is 12.9. The summed E-state index contributed by atoms with van der Waals surface area (Å²) in [6.45, 7) is 2.38. The minimum atomic E-state index is -4.93. The van der Waals surface area contributed by atoms with Gasteiger partial charge in [0.05, 0.1) is 26.4 Å². The van der Waals surface area contributed by atoms with Crippen LogP contribution in [0.25, 0.3) is 0 Å². The second-order valence-electron chi connectivity index (χ2n) is 25.8. The van der Waals surface area contributed by atoms with Crippen molar-refractivity contribution in [2.75, 3.05) is 39.6 Å². The van der Waals surface area contributed by atoms with Gasteiger partial charge >= 0.3 is 33.6 Å². The van der Waals surface area contributed by atoms with Crippen molar-refractivity contribution in [3.8, 4) is 0 Å². The number of phosphoric acid groups is 2. The summed E-state index contributed by atoms with van der Waals surface area (Å²) in [7, 11) is -9.79. The van der Waals surface area contributed by atoms with Gasteiger partial charge in [-0.25, -0.2) is 9.13 Å². The molecule has 0 fully saturated rings. The molecule has 18 heteroatoms. The molecule has 0 saturated heterocycles. The first-order valence-electron chi connectivity index (χ1n) is 38.8. The summed E-state index contributed by atoms with van der Waals surface area (Å²) >= 11 is 0. The molecule has 0 aliphatic heterocycles. The second kappa shape index (κ2) is 73.7. The molecule has 0 bridgehead atoms. The minimum Gasteiger partial charge on any atom is -0.463 e. The number of phosphoric ester groups is 2. The number of rotatable bonds is 73. The molecule has 0 spiro atoms. The third-order valence-corrected chi connectivity index (χ3v) is 18.1. The van der Waals surface area contributed by atoms with E-state index in [0.717, 1.165) is 109 Å². The lowest BCUT2D eigenvalue weighted by molar-refractivity contribution is -0.161. The van der Waals surface area contributed by atoms with Crippen LogP contribution in [0.15, 0.2) is 122 Å². The van der Waals surface area contributed by atoms with Crippen LogP contribution >= 0.6 is 15.6 Å². The van der Waals surface area contributed by atoms with E-state index in [1.165, 1.54) is 141 Å². The van der Waals surface area contributed by atoms with E-state index in [1.54, 1.807) is 0 Å². The zero-order valence-corrected chi connectivity index (χ0v) is 63.9. The van der Waals surface area contributed by atoms with E-state index in [0.29, 0.717) is 25.7 Å². The molecular weight excluding hydrogens is 1290 g/mol. The molecule has 0 heterocycles. The molecule has 0 aromatic rings. The van der Waals surface area contributed by atoms with Crippen molar-refractivity contribution in [3.05, 3.63) is 122 Å². The van der Waals surface area contributed by atoms with E-state index in [2.05, 4.69) is 130 Å². The van der Waals surface area contributed by atoms with E-state index in [4.69, 9.17) is 32.3 Å². The van der Waals surface area contributed by atoms with Crippen molar-refractivity contribution in [2.45, 2.75) is 334 Å². The molecule has 0 aliphatic rings. The molecule has 4 N–H and O–H groups in total. The van der Waals surface area contributed by atoms with Crippen molar-refractivity contribution in [3.63, 3.8) is 0 Å². The number of hydrogen-bond acceptors (Lipinski definition) is 14. The Kier molecular flexibility index (Phi) is 70.7. The number of carbonyl (C=O) groups is 3. The molecular formula is C81H140O16P2. The van der Waals surface area contributed by atoms with Gasteiger partial charge in [-0.15, -0.1) is 0 Å². The highest BCUT2D eigenvalue weighted by atomic mass is 31.2. The summed E-state index contributed by atoms with van der Waals surface area (Å²) in [5, 5.41) is 20.6. The molecule has 0 aliphatic carbocycles. The maximum absolute atomic E-state index is 12.9. The number of aliphatic hydroxyl groups excluding tert-OH is 2. The second-order valence-corrected chi connectivity index (χ2v) is 28.7. The molecule has 16 nitrogen and oxygen atoms in total. The Morgan fingerprint density at radius 2 is 0.545 bits per heavy atom. The fourth-order valence-corrected chi connectivity index (χ4v) is 11.9. The van der Waals surface area contributed by atoms with Gasteiger partial charge in [0, 0.05) is 19.3 Å². The average molecular weight is 1430 g/mol. The van der Waals surface area contributed by atoms with Crippen molar-refractivity contribution in [1.82, 2.24) is 0 Å². The summed E-state index contributed by atoms with van der Waals surface area (Å²) in [6.07, 6.45) is 87.3. The van der Waals surface area contributed by atoms with E-state index in [1.807, 2.05) is 12.2 Å². The van der Waals surface area contributed by atoms with Crippen LogP contribution in [0.5, 0.6) is 0 Å². The van der Waals surface area contributed by atoms with Crippen molar-refractivity contribution in [2.24, 2.45) is 0 Å². The fraction of sp³-hybridized carbons (Fsp3) is 0.716. The van der Waals surface area contributed by atoms with Gasteiger partial charge in [-0.1, -0.05) is 316 Å². The van der Waals surface area contributed by atoms with Gasteiger partial charge in [0.25, 0.3) is 0 Å². The molecule has 99 heavy (non-hydrogen) atoms. The minimum absolute atomic E-state index is 0.0929. The highest BCUT2D eigenvalue weighted by Crippen LogP contribution is 2.45. The Bertz CT molecular complexity index is 2290. The lowest BCUT2D eigenvalue weighted by Gasteiger charge is -2.21. The van der Waals surface area contributed by atoms with E-state index in [9.17, 15) is 43.5 Å². The fourth-order valence-electron chi connectivity index (χ4n) is 10.3. The highest BCUT2D eigenvalue weighted by molar-refractivity contribution is 7.47. The number of hydrogen-bond donors (Lipinski definition) is 4. The Balaban J connectivity index is 4.32. The maximum Gasteiger partial charge on any atom is 0.472 e. The van der Waals surface area contributed by atoms with Crippen molar-refractivity contribution < 1.29 is 75.8 Å². The largest absolute Gasteiger partial charge is 0.472 e. The Hall–Kier alpha value is -4.05. The van der Waals surface area contributed by atoms with Gasteiger partial charge in [-0.05, 0) is 103 Å². The van der Waals surface area contributed by atoms with Crippen LogP contribution in [-0.4, -0.2) is 95.9 Å². The first-order chi connectivity index (χ1) is 48.2. The third-order valence-electron chi connectivity index (χ3n) is 16.2. The monoisotopic (exact) mass is 1430 g/mol. The van der Waals surface area contributed by atoms with Crippen LogP contribution in [0.4, 0.5) is 0 Å². The van der Waals surface area contributed by atoms with Crippen LogP contribution < -0.4 is 0 Å². The summed E-state index contributed by atoms with van der Waals surface area (Å²) in [5.74, 6) is -1.64. The number of esters is 3. The van der Waals surface area contributed by atoms with Crippen LogP contribution in [0, 0.1) is 0 Å². The van der Waals surface area contributed by atoms with E-state index < -0.39 is 91.5 Å². The van der Waals surface area contributed by atoms with Crippen molar-refractivity contribution in [1.29, 1.82) is 0 Å². The predicted octanol–water partition coefficient (Wildman–Crippen LogP) is 22.5. The summed E-state index contributed by atoms with van der Waals surface area (Å²) in [6, 6.07) is 0. The van der Waals surface area contributed by atoms with Gasteiger partial charge in [0.2, 0.25) is 0 Å². The predicted molar refractivity (Wildman–Crippen MR) is 408 cm³/mol. The number of carbonyl (C=O) groups excluding carboxylic acids is 3. The molecule has 5 unspecified atom stereocenters. The number of allylic oxidation sites excluding steroid dienone is 20. The van der Waals surface area contributed by atoms with Crippen LogP contribution in [-0.2, 0) is 55.8 Å². The zero-order valence-electron chi connectivity index (χ0n) is 62.1. The van der Waals surface area contributed by atoms with Gasteiger partial charge in [0.15, 0.2) is 6.10 Å². The highest BCUT2D eigenvalue weighted by Gasteiger charge is 2.29. The zero-order chi connectivity index (χ0) is 72.3. The molecule has 0 aromatic heterocycles. The first kappa shape index (κ1) is 94.9. The van der Waals surface area contributed by atoms with Crippen LogP contribution in [0.3, 0.4) is 0 Å². The molecule has 5 atom stereocenters. The van der Waals surface area contributed by atoms with Gasteiger partial charge < -0.3 is 34.2 Å². The molecule has 0 radical (unpaired) electrons. The number of aliphatic hydroxyl groups is 2. The molecule has 0 rings (SSSR count). The van der Waals surface area contributed by atoms with Crippen LogP contribution in [0.1, 0.15) is 316 Å². The summed E-state index contributed by atoms with van der Waals surface area (Å²) < 4.78 is 60.9. The Morgan fingerprint density at radius 1 is 0.293 bits per heavy atom. The Morgan fingerprint density at radius 3 is 0.889 bits per heavy atom. The topological polar surface area (TPSA) is 231 Å². The summed E-state index contributed by atoms with van der Waals surface area (Å²) in [5.41, 5.74) is 0. The molecule has 0 amide bonds. The van der Waals surface area contributed by atoms with E-state index >= 15 is 0 Å².